The average molecular weight is 318 g/mol. The summed E-state index contributed by atoms with van der Waals surface area (Å²) >= 11 is 5.38. The van der Waals surface area contributed by atoms with Crippen molar-refractivity contribution in [3.05, 3.63) is 84.6 Å². The van der Waals surface area contributed by atoms with Gasteiger partial charge in [-0.25, -0.2) is 0 Å². The summed E-state index contributed by atoms with van der Waals surface area (Å²) in [4.78, 5) is 0.682. The summed E-state index contributed by atoms with van der Waals surface area (Å²) in [7, 11) is 0. The number of allylic oxidation sites excluding steroid dienone is 1. The maximum atomic E-state index is 5.38. The molecule has 0 aliphatic heterocycles. The van der Waals surface area contributed by atoms with Gasteiger partial charge in [0, 0.05) is 17.1 Å². The van der Waals surface area contributed by atoms with Crippen LogP contribution in [0.5, 0.6) is 0 Å². The maximum absolute atomic E-state index is 5.38. The van der Waals surface area contributed by atoms with Crippen molar-refractivity contribution in [2.24, 2.45) is 0 Å². The number of hydrogen-bond acceptors (Lipinski definition) is 2. The summed E-state index contributed by atoms with van der Waals surface area (Å²) in [5.74, 6) is 0. The van der Waals surface area contributed by atoms with Gasteiger partial charge in [0.25, 0.3) is 0 Å². The van der Waals surface area contributed by atoms with E-state index in [1.54, 1.807) is 0 Å². The molecule has 0 fully saturated rings. The fourth-order valence-corrected chi connectivity index (χ4v) is 2.72. The molecule has 3 aromatic carbocycles. The first kappa shape index (κ1) is 15.3. The van der Waals surface area contributed by atoms with E-state index in [9.17, 15) is 0 Å². The molecule has 3 rings (SSSR count). The third kappa shape index (κ3) is 4.18. The quantitative estimate of drug-likeness (QED) is 0.484. The Kier molecular flexibility index (Phi) is 4.69. The number of benzene rings is 3. The van der Waals surface area contributed by atoms with E-state index in [1.807, 2.05) is 55.5 Å². The SMILES string of the molecule is C/C(=C\C(=S)Nc1ccccc1)Nc1ccc2ccccc2c1. The smallest absolute Gasteiger partial charge is 0.105 e. The first-order valence-corrected chi connectivity index (χ1v) is 7.92. The van der Waals surface area contributed by atoms with Crippen LogP contribution in [0.25, 0.3) is 10.8 Å². The summed E-state index contributed by atoms with van der Waals surface area (Å²) in [6.07, 6.45) is 1.93. The van der Waals surface area contributed by atoms with E-state index < -0.39 is 0 Å². The highest BCUT2D eigenvalue weighted by molar-refractivity contribution is 7.81. The summed E-state index contributed by atoms with van der Waals surface area (Å²) in [6, 6.07) is 24.6. The second-order valence-corrected chi connectivity index (χ2v) is 5.81. The lowest BCUT2D eigenvalue weighted by Gasteiger charge is -2.09. The maximum Gasteiger partial charge on any atom is 0.105 e. The number of thiocarbonyl (C=S) groups is 1. The lowest BCUT2D eigenvalue weighted by Crippen LogP contribution is -2.08. The van der Waals surface area contributed by atoms with Crippen LogP contribution in [-0.2, 0) is 0 Å². The van der Waals surface area contributed by atoms with Crippen molar-refractivity contribution in [3.8, 4) is 0 Å². The van der Waals surface area contributed by atoms with Crippen LogP contribution in [0.1, 0.15) is 6.92 Å². The third-order valence-electron chi connectivity index (χ3n) is 3.48. The Labute approximate surface area is 141 Å². The molecular weight excluding hydrogens is 300 g/mol. The molecule has 0 heterocycles. The lowest BCUT2D eigenvalue weighted by molar-refractivity contribution is 1.39. The van der Waals surface area contributed by atoms with E-state index in [0.29, 0.717) is 4.99 Å². The molecule has 0 bridgehead atoms. The van der Waals surface area contributed by atoms with Gasteiger partial charge in [-0.1, -0.05) is 60.7 Å². The molecule has 3 heteroatoms. The monoisotopic (exact) mass is 318 g/mol. The molecule has 2 N–H and O–H groups in total. The number of nitrogens with one attached hydrogen (secondary N) is 2. The van der Waals surface area contributed by atoms with Gasteiger partial charge in [-0.2, -0.15) is 0 Å². The zero-order valence-electron chi connectivity index (χ0n) is 12.9. The van der Waals surface area contributed by atoms with Crippen molar-refractivity contribution in [2.45, 2.75) is 6.92 Å². The predicted octanol–water partition coefficient (Wildman–Crippen LogP) is 5.60. The minimum atomic E-state index is 0.682. The van der Waals surface area contributed by atoms with Crippen molar-refractivity contribution in [1.82, 2.24) is 0 Å². The lowest BCUT2D eigenvalue weighted by atomic mass is 10.1. The average Bonchev–Trinajstić information content (AvgIpc) is 2.55. The third-order valence-corrected chi connectivity index (χ3v) is 3.70. The number of para-hydroxylation sites is 1. The molecule has 0 saturated heterocycles. The molecular formula is C20H18N2S. The molecule has 0 aliphatic rings. The van der Waals surface area contributed by atoms with E-state index >= 15 is 0 Å². The van der Waals surface area contributed by atoms with Crippen molar-refractivity contribution in [1.29, 1.82) is 0 Å². The second kappa shape index (κ2) is 7.07. The largest absolute Gasteiger partial charge is 0.359 e. The van der Waals surface area contributed by atoms with Gasteiger partial charge in [-0.3, -0.25) is 0 Å². The van der Waals surface area contributed by atoms with Gasteiger partial charge in [-0.15, -0.1) is 0 Å². The van der Waals surface area contributed by atoms with Crippen LogP contribution in [-0.4, -0.2) is 4.99 Å². The normalized spacial score (nSPS) is 11.3. The van der Waals surface area contributed by atoms with E-state index in [2.05, 4.69) is 41.0 Å². The summed E-state index contributed by atoms with van der Waals surface area (Å²) in [5, 5.41) is 9.04. The molecule has 0 saturated carbocycles. The topological polar surface area (TPSA) is 24.1 Å². The van der Waals surface area contributed by atoms with Gasteiger partial charge >= 0.3 is 0 Å². The standard InChI is InChI=1S/C20H18N2S/c1-15(13-20(23)22-18-9-3-2-4-10-18)21-19-12-11-16-7-5-6-8-17(16)14-19/h2-14,21H,1H3,(H,22,23)/b15-13+. The highest BCUT2D eigenvalue weighted by Crippen LogP contribution is 2.20. The van der Waals surface area contributed by atoms with Crippen LogP contribution in [0.3, 0.4) is 0 Å². The number of fused-ring (bicyclic) bond motifs is 1. The molecule has 0 aliphatic carbocycles. The van der Waals surface area contributed by atoms with Gasteiger partial charge in [0.15, 0.2) is 0 Å². The molecule has 3 aromatic rings. The molecule has 23 heavy (non-hydrogen) atoms. The highest BCUT2D eigenvalue weighted by atomic mass is 32.1. The van der Waals surface area contributed by atoms with Crippen LogP contribution >= 0.6 is 12.2 Å². The Morgan fingerprint density at radius 2 is 1.48 bits per heavy atom. The minimum absolute atomic E-state index is 0.682. The zero-order chi connectivity index (χ0) is 16.1. The van der Waals surface area contributed by atoms with Crippen LogP contribution in [0.4, 0.5) is 11.4 Å². The van der Waals surface area contributed by atoms with E-state index in [-0.39, 0.29) is 0 Å². The van der Waals surface area contributed by atoms with Crippen molar-refractivity contribution < 1.29 is 0 Å². The van der Waals surface area contributed by atoms with Crippen LogP contribution in [0.15, 0.2) is 84.6 Å². The summed E-state index contributed by atoms with van der Waals surface area (Å²) < 4.78 is 0. The minimum Gasteiger partial charge on any atom is -0.359 e. The van der Waals surface area contributed by atoms with Crippen molar-refractivity contribution in [2.75, 3.05) is 10.6 Å². The fraction of sp³-hybridized carbons (Fsp3) is 0.0500. The number of anilines is 2. The Morgan fingerprint density at radius 3 is 2.26 bits per heavy atom. The Bertz CT molecular complexity index is 854. The molecule has 0 aromatic heterocycles. The summed E-state index contributed by atoms with van der Waals surface area (Å²) in [6.45, 7) is 2.01. The molecule has 2 nitrogen and oxygen atoms in total. The molecule has 0 atom stereocenters. The first-order chi connectivity index (χ1) is 11.2. The molecule has 0 amide bonds. The van der Waals surface area contributed by atoms with E-state index in [4.69, 9.17) is 12.2 Å². The number of rotatable bonds is 4. The molecule has 114 valence electrons. The van der Waals surface area contributed by atoms with Crippen molar-refractivity contribution in [3.63, 3.8) is 0 Å². The summed E-state index contributed by atoms with van der Waals surface area (Å²) in [5.41, 5.74) is 3.04. The molecule has 0 radical (unpaired) electrons. The van der Waals surface area contributed by atoms with Gasteiger partial charge in [-0.05, 0) is 48.0 Å². The Hall–Kier alpha value is -2.65. The van der Waals surface area contributed by atoms with Crippen LogP contribution in [0, 0.1) is 0 Å². The van der Waals surface area contributed by atoms with Crippen molar-refractivity contribution >= 4 is 39.4 Å². The highest BCUT2D eigenvalue weighted by Gasteiger charge is 1.99. The van der Waals surface area contributed by atoms with E-state index in [0.717, 1.165) is 17.1 Å². The molecule has 0 unspecified atom stereocenters. The van der Waals surface area contributed by atoms with E-state index in [1.165, 1.54) is 10.8 Å². The predicted molar refractivity (Wildman–Crippen MR) is 104 cm³/mol. The van der Waals surface area contributed by atoms with Gasteiger partial charge in [0.1, 0.15) is 4.99 Å². The zero-order valence-corrected chi connectivity index (χ0v) is 13.7. The molecule has 0 spiro atoms. The van der Waals surface area contributed by atoms with Crippen LogP contribution in [0.2, 0.25) is 0 Å². The Balaban J connectivity index is 1.69. The van der Waals surface area contributed by atoms with Gasteiger partial charge < -0.3 is 10.6 Å². The first-order valence-electron chi connectivity index (χ1n) is 7.51. The number of hydrogen-bond donors (Lipinski definition) is 2. The van der Waals surface area contributed by atoms with Crippen LogP contribution < -0.4 is 10.6 Å². The second-order valence-electron chi connectivity index (χ2n) is 5.37. The fourth-order valence-electron chi connectivity index (χ4n) is 2.43. The Morgan fingerprint density at radius 1 is 0.783 bits per heavy atom. The van der Waals surface area contributed by atoms with Gasteiger partial charge in [0.05, 0.1) is 0 Å². The van der Waals surface area contributed by atoms with Gasteiger partial charge in [0.2, 0.25) is 0 Å².